The lowest BCUT2D eigenvalue weighted by Gasteiger charge is -2.30. The van der Waals surface area contributed by atoms with Gasteiger partial charge in [-0.05, 0) is 38.0 Å². The number of nitrogens with one attached hydrogen (secondary N) is 1. The number of rotatable bonds is 5. The van der Waals surface area contributed by atoms with Crippen LogP contribution in [0, 0.1) is 5.92 Å². The van der Waals surface area contributed by atoms with E-state index in [2.05, 4.69) is 11.9 Å². The largest absolute Gasteiger partial charge is 0.480 e. The smallest absolute Gasteiger partial charge is 0.326 e. The molecule has 2 fully saturated rings. The van der Waals surface area contributed by atoms with Gasteiger partial charge in [0.05, 0.1) is 0 Å². The molecule has 2 atom stereocenters. The van der Waals surface area contributed by atoms with Crippen LogP contribution < -0.4 is 5.32 Å². The van der Waals surface area contributed by atoms with Crippen LogP contribution in [0.1, 0.15) is 44.9 Å². The number of hydrogen-bond donors (Lipinski definition) is 2. The highest BCUT2D eigenvalue weighted by molar-refractivity contribution is 5.83. The molecule has 1 aliphatic heterocycles. The molecular formula is C15H24N2O3. The summed E-state index contributed by atoms with van der Waals surface area (Å²) >= 11 is 0. The first kappa shape index (κ1) is 14.9. The Balaban J connectivity index is 1.96. The van der Waals surface area contributed by atoms with E-state index in [0.29, 0.717) is 12.0 Å². The molecule has 5 nitrogen and oxygen atoms in total. The molecule has 0 aromatic heterocycles. The summed E-state index contributed by atoms with van der Waals surface area (Å²) in [5, 5.41) is 11.7. The lowest BCUT2D eigenvalue weighted by Crippen LogP contribution is -2.50. The molecule has 2 amide bonds. The van der Waals surface area contributed by atoms with E-state index < -0.39 is 12.0 Å². The average molecular weight is 280 g/mol. The van der Waals surface area contributed by atoms with Gasteiger partial charge in [-0.25, -0.2) is 9.59 Å². The van der Waals surface area contributed by atoms with E-state index in [1.165, 1.54) is 31.8 Å². The molecule has 0 spiro atoms. The predicted octanol–water partition coefficient (Wildman–Crippen LogP) is 2.38. The van der Waals surface area contributed by atoms with E-state index in [-0.39, 0.29) is 12.5 Å². The quantitative estimate of drug-likeness (QED) is 0.760. The number of likely N-dealkylation sites (tertiary alicyclic amines) is 1. The van der Waals surface area contributed by atoms with Gasteiger partial charge in [0.25, 0.3) is 0 Å². The Labute approximate surface area is 120 Å². The highest BCUT2D eigenvalue weighted by atomic mass is 16.4. The molecule has 112 valence electrons. The first-order valence-corrected chi connectivity index (χ1v) is 7.54. The molecule has 1 aliphatic carbocycles. The van der Waals surface area contributed by atoms with Gasteiger partial charge in [0.2, 0.25) is 0 Å². The first-order valence-electron chi connectivity index (χ1n) is 7.54. The summed E-state index contributed by atoms with van der Waals surface area (Å²) in [7, 11) is 0. The number of aliphatic carboxylic acids is 1. The summed E-state index contributed by atoms with van der Waals surface area (Å²) in [5.74, 6) is -0.402. The van der Waals surface area contributed by atoms with Gasteiger partial charge < -0.3 is 15.3 Å². The molecule has 20 heavy (non-hydrogen) atoms. The van der Waals surface area contributed by atoms with Crippen LogP contribution in [0.25, 0.3) is 0 Å². The lowest BCUT2D eigenvalue weighted by molar-refractivity contribution is -0.139. The average Bonchev–Trinajstić information content (AvgIpc) is 3.08. The zero-order valence-electron chi connectivity index (χ0n) is 11.9. The second kappa shape index (κ2) is 6.77. The van der Waals surface area contributed by atoms with Crippen molar-refractivity contribution in [1.29, 1.82) is 0 Å². The van der Waals surface area contributed by atoms with Crippen molar-refractivity contribution in [2.75, 3.05) is 6.54 Å². The summed E-state index contributed by atoms with van der Waals surface area (Å²) in [6.45, 7) is 4.28. The van der Waals surface area contributed by atoms with Crippen molar-refractivity contribution < 1.29 is 14.7 Å². The van der Waals surface area contributed by atoms with Gasteiger partial charge in [-0.3, -0.25) is 0 Å². The monoisotopic (exact) mass is 280 g/mol. The van der Waals surface area contributed by atoms with Gasteiger partial charge in [0.1, 0.15) is 6.04 Å². The van der Waals surface area contributed by atoms with Crippen molar-refractivity contribution in [3.05, 3.63) is 12.7 Å². The van der Waals surface area contributed by atoms with E-state index >= 15 is 0 Å². The summed E-state index contributed by atoms with van der Waals surface area (Å²) < 4.78 is 0. The number of urea groups is 1. The summed E-state index contributed by atoms with van der Waals surface area (Å²) in [4.78, 5) is 25.3. The van der Waals surface area contributed by atoms with Gasteiger partial charge in [-0.2, -0.15) is 0 Å². The van der Waals surface area contributed by atoms with Crippen molar-refractivity contribution in [3.8, 4) is 0 Å². The van der Waals surface area contributed by atoms with Crippen molar-refractivity contribution in [1.82, 2.24) is 10.2 Å². The van der Waals surface area contributed by atoms with E-state index in [0.717, 1.165) is 19.4 Å². The number of carbonyl (C=O) groups is 2. The molecule has 2 N–H and O–H groups in total. The molecule has 1 saturated heterocycles. The number of nitrogens with zero attached hydrogens (tertiary/aromatic N) is 1. The summed E-state index contributed by atoms with van der Waals surface area (Å²) in [5.41, 5.74) is 0. The van der Waals surface area contributed by atoms with Gasteiger partial charge in [0.15, 0.2) is 0 Å². The molecule has 2 aliphatic rings. The van der Waals surface area contributed by atoms with Gasteiger partial charge >= 0.3 is 12.0 Å². The zero-order valence-corrected chi connectivity index (χ0v) is 11.9. The number of carboxylic acid groups (broad SMARTS) is 1. The molecule has 1 heterocycles. The van der Waals surface area contributed by atoms with Crippen molar-refractivity contribution in [3.63, 3.8) is 0 Å². The van der Waals surface area contributed by atoms with Crippen molar-refractivity contribution in [2.45, 2.75) is 57.0 Å². The molecule has 0 bridgehead atoms. The molecule has 1 saturated carbocycles. The normalized spacial score (nSPS) is 24.6. The van der Waals surface area contributed by atoms with Gasteiger partial charge in [-0.15, -0.1) is 6.58 Å². The van der Waals surface area contributed by atoms with Crippen LogP contribution in [0.3, 0.4) is 0 Å². The minimum absolute atomic E-state index is 0.228. The van der Waals surface area contributed by atoms with Crippen LogP contribution in [0.2, 0.25) is 0 Å². The molecule has 2 rings (SSSR count). The lowest BCUT2D eigenvalue weighted by atomic mass is 9.96. The Morgan fingerprint density at radius 1 is 1.30 bits per heavy atom. The van der Waals surface area contributed by atoms with Gasteiger partial charge in [-0.1, -0.05) is 18.9 Å². The second-order valence-electron chi connectivity index (χ2n) is 5.81. The third kappa shape index (κ3) is 3.32. The minimum atomic E-state index is -1.00. The number of carboxylic acids is 1. The van der Waals surface area contributed by atoms with Crippen LogP contribution in [0.4, 0.5) is 4.79 Å². The maximum Gasteiger partial charge on any atom is 0.326 e. The topological polar surface area (TPSA) is 69.6 Å². The standard InChI is InChI=1S/C15H24N2O3/c1-2-6-12(14(18)19)16-15(20)17-10-5-9-13(17)11-7-3-4-8-11/h2,11-13H,1,3-10H2,(H,16,20)(H,18,19). The Kier molecular flexibility index (Phi) is 5.04. The summed E-state index contributed by atoms with van der Waals surface area (Å²) in [6.07, 6.45) is 8.76. The van der Waals surface area contributed by atoms with Gasteiger partial charge in [0, 0.05) is 12.6 Å². The molecule has 2 unspecified atom stereocenters. The molecule has 0 aromatic rings. The number of hydrogen-bond acceptors (Lipinski definition) is 2. The maximum atomic E-state index is 12.3. The zero-order chi connectivity index (χ0) is 14.5. The molecule has 0 aromatic carbocycles. The summed E-state index contributed by atoms with van der Waals surface area (Å²) in [6, 6.07) is -0.797. The Morgan fingerprint density at radius 2 is 2.00 bits per heavy atom. The predicted molar refractivity (Wildman–Crippen MR) is 76.5 cm³/mol. The van der Waals surface area contributed by atoms with E-state index in [4.69, 9.17) is 5.11 Å². The van der Waals surface area contributed by atoms with E-state index in [1.807, 2.05) is 4.90 Å². The first-order chi connectivity index (χ1) is 9.63. The third-order valence-corrected chi connectivity index (χ3v) is 4.50. The fourth-order valence-corrected chi connectivity index (χ4v) is 3.50. The van der Waals surface area contributed by atoms with Crippen molar-refractivity contribution in [2.24, 2.45) is 5.92 Å². The van der Waals surface area contributed by atoms with E-state index in [1.54, 1.807) is 0 Å². The highest BCUT2D eigenvalue weighted by Gasteiger charge is 2.36. The molecular weight excluding hydrogens is 256 g/mol. The highest BCUT2D eigenvalue weighted by Crippen LogP contribution is 2.35. The third-order valence-electron chi connectivity index (χ3n) is 4.50. The Morgan fingerprint density at radius 3 is 2.60 bits per heavy atom. The fourth-order valence-electron chi connectivity index (χ4n) is 3.50. The minimum Gasteiger partial charge on any atom is -0.480 e. The van der Waals surface area contributed by atoms with Crippen molar-refractivity contribution >= 4 is 12.0 Å². The Bertz CT molecular complexity index is 377. The molecule has 5 heteroatoms. The van der Waals surface area contributed by atoms with Crippen LogP contribution in [-0.4, -0.2) is 40.6 Å². The van der Waals surface area contributed by atoms with Crippen LogP contribution in [0.15, 0.2) is 12.7 Å². The maximum absolute atomic E-state index is 12.3. The number of carbonyl (C=O) groups excluding carboxylic acids is 1. The second-order valence-corrected chi connectivity index (χ2v) is 5.81. The van der Waals surface area contributed by atoms with Crippen LogP contribution >= 0.6 is 0 Å². The SMILES string of the molecule is C=CCC(NC(=O)N1CCCC1C1CCCC1)C(=O)O. The van der Waals surface area contributed by atoms with E-state index in [9.17, 15) is 9.59 Å². The Hall–Kier alpha value is -1.52. The fraction of sp³-hybridized carbons (Fsp3) is 0.733. The van der Waals surface area contributed by atoms with Crippen LogP contribution in [-0.2, 0) is 4.79 Å². The van der Waals surface area contributed by atoms with Crippen LogP contribution in [0.5, 0.6) is 0 Å². The number of amides is 2. The molecule has 0 radical (unpaired) electrons.